The van der Waals surface area contributed by atoms with Crippen LogP contribution in [0.3, 0.4) is 0 Å². The molecule has 0 radical (unpaired) electrons. The van der Waals surface area contributed by atoms with Crippen LogP contribution in [0.5, 0.6) is 0 Å². The average Bonchev–Trinajstić information content (AvgIpc) is 2.93. The van der Waals surface area contributed by atoms with Crippen LogP contribution in [0.4, 0.5) is 0 Å². The zero-order valence-corrected chi connectivity index (χ0v) is 26.7. The quantitative estimate of drug-likeness (QED) is 0.0703. The number of carbonyl (C=O) groups is 1. The Kier molecular flexibility index (Phi) is 13.6. The number of carboxylic acid groups (broad SMARTS) is 1. The van der Waals surface area contributed by atoms with E-state index >= 15 is 0 Å². The number of aliphatic hydroxyl groups excluding tert-OH is 5. The summed E-state index contributed by atoms with van der Waals surface area (Å²) < 4.78 is 134. The Morgan fingerprint density at radius 1 is 0.750 bits per heavy atom. The van der Waals surface area contributed by atoms with Crippen LogP contribution in [0.15, 0.2) is 11.8 Å². The van der Waals surface area contributed by atoms with Crippen LogP contribution in [0, 0.1) is 11.8 Å². The first-order valence-corrected chi connectivity index (χ1v) is 17.5. The summed E-state index contributed by atoms with van der Waals surface area (Å²) in [5.74, 6) is -5.21. The van der Waals surface area contributed by atoms with Gasteiger partial charge in [0.05, 0.1) is 38.6 Å². The highest BCUT2D eigenvalue weighted by Gasteiger charge is 2.50. The first kappa shape index (κ1) is 40.7. The highest BCUT2D eigenvalue weighted by molar-refractivity contribution is 7.81. The van der Waals surface area contributed by atoms with E-state index in [-0.39, 0.29) is 0 Å². The summed E-state index contributed by atoms with van der Waals surface area (Å²) in [5.41, 5.74) is 0. The van der Waals surface area contributed by atoms with Crippen molar-refractivity contribution >= 4 is 37.2 Å². The van der Waals surface area contributed by atoms with Gasteiger partial charge in [0, 0.05) is 11.8 Å². The first-order valence-electron chi connectivity index (χ1n) is 13.4. The second-order valence-electron chi connectivity index (χ2n) is 10.6. The molecule has 0 bridgehead atoms. The lowest BCUT2D eigenvalue weighted by atomic mass is 9.83. The van der Waals surface area contributed by atoms with Gasteiger partial charge >= 0.3 is 37.2 Å². The molecule has 3 aliphatic rings. The van der Waals surface area contributed by atoms with Gasteiger partial charge in [0.15, 0.2) is 6.29 Å². The molecule has 0 aromatic rings. The maximum atomic E-state index is 11.5. The van der Waals surface area contributed by atoms with Gasteiger partial charge in [-0.15, -0.1) is 0 Å². The zero-order chi connectivity index (χ0) is 36.4. The minimum absolute atomic E-state index is 0.687. The molecule has 24 nitrogen and oxygen atoms in total. The fraction of sp³-hybridized carbons (Fsp3) is 0.857. The summed E-state index contributed by atoms with van der Waals surface area (Å²) >= 11 is 0. The van der Waals surface area contributed by atoms with E-state index in [1.54, 1.807) is 0 Å². The predicted octanol–water partition coefficient (Wildman–Crippen LogP) is -5.28. The van der Waals surface area contributed by atoms with Crippen LogP contribution < -0.4 is 0 Å². The van der Waals surface area contributed by atoms with Crippen molar-refractivity contribution in [3.8, 4) is 0 Å². The third-order valence-electron chi connectivity index (χ3n) is 7.24. The molecular formula is C21H34O24S3. The molecule has 3 aliphatic heterocycles. The topological polar surface area (TPSA) is 375 Å². The van der Waals surface area contributed by atoms with E-state index in [2.05, 4.69) is 12.5 Å². The molecule has 48 heavy (non-hydrogen) atoms. The number of hydrogen-bond donors (Lipinski definition) is 9. The van der Waals surface area contributed by atoms with Gasteiger partial charge in [-0.2, -0.15) is 25.3 Å². The molecule has 280 valence electrons. The second-order valence-corrected chi connectivity index (χ2v) is 13.8. The van der Waals surface area contributed by atoms with Gasteiger partial charge in [-0.25, -0.2) is 17.3 Å². The SMILES string of the molecule is CC1OC(COCC2C(COC3OC(C(=O)O)=CC(O)C3O)C(O)OC(COS(=O)(=O)O)[C@@H]2O)C(OS(=O)(=O)O)C(O)[C@H]1OS(=O)(=O)O. The molecule has 2 saturated heterocycles. The zero-order valence-electron chi connectivity index (χ0n) is 24.3. The maximum Gasteiger partial charge on any atom is 0.397 e. The molecule has 3 heterocycles. The van der Waals surface area contributed by atoms with Crippen LogP contribution in [0.1, 0.15) is 6.92 Å². The summed E-state index contributed by atoms with van der Waals surface area (Å²) in [6.45, 7) is -2.10. The first-order chi connectivity index (χ1) is 22.0. The van der Waals surface area contributed by atoms with E-state index in [9.17, 15) is 60.1 Å². The summed E-state index contributed by atoms with van der Waals surface area (Å²) in [6.07, 6.45) is -19.5. The molecule has 0 aromatic carbocycles. The van der Waals surface area contributed by atoms with Crippen molar-refractivity contribution < 1.29 is 111 Å². The Labute approximate surface area is 272 Å². The molecule has 0 amide bonds. The van der Waals surface area contributed by atoms with E-state index in [4.69, 9.17) is 37.9 Å². The van der Waals surface area contributed by atoms with Crippen molar-refractivity contribution in [2.24, 2.45) is 11.8 Å². The molecule has 11 unspecified atom stereocenters. The van der Waals surface area contributed by atoms with Crippen molar-refractivity contribution in [3.63, 3.8) is 0 Å². The maximum absolute atomic E-state index is 11.5. The smallest absolute Gasteiger partial charge is 0.397 e. The Balaban J connectivity index is 1.80. The fourth-order valence-corrected chi connectivity index (χ4v) is 6.41. The van der Waals surface area contributed by atoms with Crippen LogP contribution in [0.2, 0.25) is 0 Å². The number of aliphatic hydroxyl groups is 5. The van der Waals surface area contributed by atoms with Gasteiger partial charge in [0.25, 0.3) is 0 Å². The van der Waals surface area contributed by atoms with Crippen molar-refractivity contribution in [2.75, 3.05) is 26.4 Å². The predicted molar refractivity (Wildman–Crippen MR) is 144 cm³/mol. The van der Waals surface area contributed by atoms with E-state index in [1.165, 1.54) is 0 Å². The van der Waals surface area contributed by atoms with Crippen LogP contribution >= 0.6 is 0 Å². The Morgan fingerprint density at radius 2 is 1.35 bits per heavy atom. The molecule has 13 atom stereocenters. The van der Waals surface area contributed by atoms with Gasteiger partial charge in [-0.3, -0.25) is 13.7 Å². The fourth-order valence-electron chi connectivity index (χ4n) is 5.03. The van der Waals surface area contributed by atoms with Crippen LogP contribution in [-0.4, -0.2) is 169 Å². The van der Waals surface area contributed by atoms with Crippen molar-refractivity contribution in [1.29, 1.82) is 0 Å². The normalized spacial score (nSPS) is 38.2. The standard InChI is InChI=1S/C21H34O24S3/c1-7-17(44-47(32,33)34)16(25)18(45-48(35,36)37)13(41-7)5-38-3-8-9(20(28)42-12(14(8)23)6-40-46(29,30)31)4-39-21-15(24)10(22)2-11(43-21)19(26)27/h2,7-10,12-18,20-25,28H,3-6H2,1H3,(H,26,27)(H,29,30,31)(H,32,33,34)(H,35,36,37)/t7?,8?,9?,10?,12?,13?,14-,15?,16?,17+,18?,20?,21?/m1/s1. The van der Waals surface area contributed by atoms with E-state index < -0.39 is 149 Å². The molecular weight excluding hydrogens is 732 g/mol. The highest BCUT2D eigenvalue weighted by atomic mass is 32.3. The number of ether oxygens (including phenoxy) is 5. The van der Waals surface area contributed by atoms with Gasteiger partial charge in [0.1, 0.15) is 42.7 Å². The largest absolute Gasteiger partial charge is 0.475 e. The van der Waals surface area contributed by atoms with Gasteiger partial charge in [0.2, 0.25) is 12.0 Å². The van der Waals surface area contributed by atoms with E-state index in [0.717, 1.165) is 6.92 Å². The van der Waals surface area contributed by atoms with Gasteiger partial charge in [-0.1, -0.05) is 0 Å². The molecule has 0 aliphatic carbocycles. The molecule has 0 spiro atoms. The van der Waals surface area contributed by atoms with Crippen LogP contribution in [-0.2, 0) is 72.2 Å². The number of aliphatic carboxylic acids is 1. The number of rotatable bonds is 15. The molecule has 0 saturated carbocycles. The summed E-state index contributed by atoms with van der Waals surface area (Å²) in [7, 11) is -15.6. The third-order valence-corrected chi connectivity index (χ3v) is 8.60. The minimum Gasteiger partial charge on any atom is -0.475 e. The molecule has 27 heteroatoms. The van der Waals surface area contributed by atoms with E-state index in [0.29, 0.717) is 6.08 Å². The number of carboxylic acids is 1. The molecule has 2 fully saturated rings. The van der Waals surface area contributed by atoms with Gasteiger partial charge in [-0.05, 0) is 13.0 Å². The second kappa shape index (κ2) is 16.1. The lowest BCUT2D eigenvalue weighted by molar-refractivity contribution is -0.284. The summed E-state index contributed by atoms with van der Waals surface area (Å²) in [4.78, 5) is 11.3. The Hall–Kier alpha value is -1.74. The number of hydrogen-bond acceptors (Lipinski definition) is 20. The van der Waals surface area contributed by atoms with Crippen molar-refractivity contribution in [3.05, 3.63) is 11.8 Å². The van der Waals surface area contributed by atoms with Crippen LogP contribution in [0.25, 0.3) is 0 Å². The third kappa shape index (κ3) is 11.4. The lowest BCUT2D eigenvalue weighted by Gasteiger charge is -2.44. The Bertz CT molecular complexity index is 1460. The molecule has 3 rings (SSSR count). The average molecular weight is 767 g/mol. The highest BCUT2D eigenvalue weighted by Crippen LogP contribution is 2.34. The summed E-state index contributed by atoms with van der Waals surface area (Å²) in [6, 6.07) is 0. The van der Waals surface area contributed by atoms with Gasteiger partial charge < -0.3 is 54.3 Å². The van der Waals surface area contributed by atoms with Crippen molar-refractivity contribution in [1.82, 2.24) is 0 Å². The minimum atomic E-state index is -5.35. The van der Waals surface area contributed by atoms with E-state index in [1.807, 2.05) is 0 Å². The molecule has 0 aromatic heterocycles. The Morgan fingerprint density at radius 3 is 1.92 bits per heavy atom. The lowest BCUT2D eigenvalue weighted by Crippen LogP contribution is -2.60. The molecule has 9 N–H and O–H groups in total. The summed E-state index contributed by atoms with van der Waals surface area (Å²) in [5, 5.41) is 61.6. The monoisotopic (exact) mass is 766 g/mol. The van der Waals surface area contributed by atoms with Crippen molar-refractivity contribution in [2.45, 2.75) is 74.4 Å².